The van der Waals surface area contributed by atoms with Crippen molar-refractivity contribution in [1.82, 2.24) is 9.80 Å². The van der Waals surface area contributed by atoms with Crippen LogP contribution in [0.4, 0.5) is 4.79 Å². The molecule has 2 amide bonds. The van der Waals surface area contributed by atoms with Crippen LogP contribution in [0.3, 0.4) is 0 Å². The summed E-state index contributed by atoms with van der Waals surface area (Å²) >= 11 is 1.86. The summed E-state index contributed by atoms with van der Waals surface area (Å²) in [5.41, 5.74) is -1.19. The van der Waals surface area contributed by atoms with Gasteiger partial charge >= 0.3 is 12.0 Å². The van der Waals surface area contributed by atoms with E-state index in [0.717, 1.165) is 12.2 Å². The van der Waals surface area contributed by atoms with Gasteiger partial charge in [0.15, 0.2) is 0 Å². The van der Waals surface area contributed by atoms with Crippen LogP contribution >= 0.6 is 11.8 Å². The quantitative estimate of drug-likeness (QED) is 0.845. The zero-order valence-corrected chi connectivity index (χ0v) is 13.2. The van der Waals surface area contributed by atoms with E-state index < -0.39 is 11.5 Å². The van der Waals surface area contributed by atoms with Crippen molar-refractivity contribution in [3.8, 4) is 0 Å². The molecule has 19 heavy (non-hydrogen) atoms. The van der Waals surface area contributed by atoms with Gasteiger partial charge in [0, 0.05) is 30.6 Å². The van der Waals surface area contributed by atoms with E-state index in [0.29, 0.717) is 13.1 Å². The fourth-order valence-corrected chi connectivity index (χ4v) is 2.91. The van der Waals surface area contributed by atoms with Gasteiger partial charge in [0.2, 0.25) is 0 Å². The largest absolute Gasteiger partial charge is 0.480 e. The van der Waals surface area contributed by atoms with Crippen molar-refractivity contribution in [3.63, 3.8) is 0 Å². The van der Waals surface area contributed by atoms with Crippen LogP contribution in [-0.2, 0) is 4.79 Å². The molecule has 6 heteroatoms. The molecule has 0 spiro atoms. The minimum absolute atomic E-state index is 0.177. The highest BCUT2D eigenvalue weighted by Crippen LogP contribution is 2.31. The summed E-state index contributed by atoms with van der Waals surface area (Å²) in [5, 5.41) is 9.18. The zero-order chi connectivity index (χ0) is 14.8. The maximum absolute atomic E-state index is 12.4. The van der Waals surface area contributed by atoms with Crippen LogP contribution < -0.4 is 0 Å². The molecule has 0 bridgehead atoms. The summed E-state index contributed by atoms with van der Waals surface area (Å²) < 4.78 is 0.177. The molecule has 1 rings (SSSR count). The first-order valence-electron chi connectivity index (χ1n) is 6.48. The summed E-state index contributed by atoms with van der Waals surface area (Å²) in [6.45, 7) is 8.80. The Morgan fingerprint density at radius 2 is 1.89 bits per heavy atom. The number of rotatable bonds is 2. The van der Waals surface area contributed by atoms with Gasteiger partial charge in [0.1, 0.15) is 5.54 Å². The number of carbonyl (C=O) groups is 2. The first-order chi connectivity index (χ1) is 8.58. The van der Waals surface area contributed by atoms with Gasteiger partial charge in [0.05, 0.1) is 0 Å². The molecule has 0 aliphatic carbocycles. The van der Waals surface area contributed by atoms with Crippen LogP contribution in [0, 0.1) is 0 Å². The third-order valence-electron chi connectivity index (χ3n) is 3.76. The first kappa shape index (κ1) is 16.1. The molecule has 0 aromatic heterocycles. The van der Waals surface area contributed by atoms with E-state index in [4.69, 9.17) is 0 Å². The molecular formula is C13H24N2O3S. The molecule has 1 fully saturated rings. The van der Waals surface area contributed by atoms with Gasteiger partial charge in [0.25, 0.3) is 0 Å². The van der Waals surface area contributed by atoms with Crippen molar-refractivity contribution in [2.45, 2.75) is 44.4 Å². The minimum atomic E-state index is -1.19. The molecule has 0 saturated carbocycles. The molecular weight excluding hydrogens is 264 g/mol. The Kier molecular flexibility index (Phi) is 4.76. The van der Waals surface area contributed by atoms with E-state index in [1.54, 1.807) is 25.8 Å². The van der Waals surface area contributed by atoms with Crippen LogP contribution in [0.2, 0.25) is 0 Å². The number of aliphatic carboxylic acids is 1. The summed E-state index contributed by atoms with van der Waals surface area (Å²) in [7, 11) is 1.56. The third-order valence-corrected chi connectivity index (χ3v) is 5.13. The number of nitrogens with zero attached hydrogens (tertiary/aromatic N) is 2. The van der Waals surface area contributed by atoms with Crippen LogP contribution in [-0.4, -0.2) is 63.1 Å². The van der Waals surface area contributed by atoms with Gasteiger partial charge in [-0.3, -0.25) is 0 Å². The number of carbonyl (C=O) groups excluding carboxylic acids is 1. The second kappa shape index (κ2) is 5.61. The Labute approximate surface area is 119 Å². The highest BCUT2D eigenvalue weighted by atomic mass is 32.2. The van der Waals surface area contributed by atoms with Gasteiger partial charge in [-0.1, -0.05) is 13.8 Å². The van der Waals surface area contributed by atoms with Crippen molar-refractivity contribution >= 4 is 23.8 Å². The highest BCUT2D eigenvalue weighted by Gasteiger charge is 2.38. The lowest BCUT2D eigenvalue weighted by molar-refractivity contribution is -0.147. The lowest BCUT2D eigenvalue weighted by Gasteiger charge is -2.35. The van der Waals surface area contributed by atoms with Crippen molar-refractivity contribution in [2.24, 2.45) is 0 Å². The molecule has 5 nitrogen and oxygen atoms in total. The number of hydrogen-bond donors (Lipinski definition) is 1. The molecule has 1 heterocycles. The average molecular weight is 288 g/mol. The number of urea groups is 1. The van der Waals surface area contributed by atoms with Gasteiger partial charge in [-0.15, -0.1) is 0 Å². The number of amides is 2. The van der Waals surface area contributed by atoms with Crippen LogP contribution in [0.5, 0.6) is 0 Å². The first-order valence-corrected chi connectivity index (χ1v) is 7.46. The number of carboxylic acids is 1. The number of thioether (sulfide) groups is 1. The van der Waals surface area contributed by atoms with Crippen LogP contribution in [0.25, 0.3) is 0 Å². The Morgan fingerprint density at radius 1 is 1.32 bits per heavy atom. The second-order valence-corrected chi connectivity index (χ2v) is 7.85. The molecule has 0 atom stereocenters. The van der Waals surface area contributed by atoms with E-state index >= 15 is 0 Å². The van der Waals surface area contributed by atoms with E-state index in [1.807, 2.05) is 11.8 Å². The topological polar surface area (TPSA) is 60.9 Å². The Morgan fingerprint density at radius 3 is 2.42 bits per heavy atom. The van der Waals surface area contributed by atoms with Crippen molar-refractivity contribution in [2.75, 3.05) is 25.9 Å². The molecule has 110 valence electrons. The van der Waals surface area contributed by atoms with Crippen LogP contribution in [0.15, 0.2) is 0 Å². The molecule has 0 aromatic carbocycles. The van der Waals surface area contributed by atoms with Crippen molar-refractivity contribution in [1.29, 1.82) is 0 Å². The lowest BCUT2D eigenvalue weighted by Crippen LogP contribution is -2.55. The number of hydrogen-bond acceptors (Lipinski definition) is 3. The molecule has 0 unspecified atom stereocenters. The average Bonchev–Trinajstić information content (AvgIpc) is 2.48. The number of likely N-dealkylation sites (N-methyl/N-ethyl adjacent to an activating group) is 1. The lowest BCUT2D eigenvalue weighted by atomic mass is 10.0. The van der Waals surface area contributed by atoms with E-state index in [1.165, 1.54) is 4.90 Å². The van der Waals surface area contributed by atoms with Gasteiger partial charge < -0.3 is 14.9 Å². The smallest absolute Gasteiger partial charge is 0.329 e. The molecule has 1 aliphatic heterocycles. The Bertz CT molecular complexity index is 369. The summed E-state index contributed by atoms with van der Waals surface area (Å²) in [4.78, 5) is 26.7. The van der Waals surface area contributed by atoms with Gasteiger partial charge in [-0.25, -0.2) is 9.59 Å². The Balaban J connectivity index is 2.75. The highest BCUT2D eigenvalue weighted by molar-refractivity contribution is 8.00. The van der Waals surface area contributed by atoms with E-state index in [9.17, 15) is 14.7 Å². The Hall–Kier alpha value is -0.910. The van der Waals surface area contributed by atoms with Gasteiger partial charge in [-0.2, -0.15) is 11.8 Å². The fourth-order valence-electron chi connectivity index (χ4n) is 1.81. The standard InChI is InChI=1S/C13H24N2O3S/c1-12(2)6-7-15(8-9-19-12)11(18)14(5)13(3,4)10(16)17/h6-9H2,1-5H3,(H,16,17). The van der Waals surface area contributed by atoms with E-state index in [2.05, 4.69) is 13.8 Å². The second-order valence-electron chi connectivity index (χ2n) is 6.05. The molecule has 1 saturated heterocycles. The predicted molar refractivity (Wildman–Crippen MR) is 77.6 cm³/mol. The maximum Gasteiger partial charge on any atom is 0.329 e. The monoisotopic (exact) mass is 288 g/mol. The van der Waals surface area contributed by atoms with E-state index in [-0.39, 0.29) is 10.8 Å². The molecule has 0 aromatic rings. The van der Waals surface area contributed by atoms with Crippen LogP contribution in [0.1, 0.15) is 34.1 Å². The SMILES string of the molecule is CN(C(=O)N1CCSC(C)(C)CC1)C(C)(C)C(=O)O. The molecule has 1 N–H and O–H groups in total. The summed E-state index contributed by atoms with van der Waals surface area (Å²) in [6, 6.07) is -0.203. The fraction of sp³-hybridized carbons (Fsp3) is 0.846. The zero-order valence-electron chi connectivity index (χ0n) is 12.4. The predicted octanol–water partition coefficient (Wildman–Crippen LogP) is 2.12. The summed E-state index contributed by atoms with van der Waals surface area (Å²) in [5.74, 6) is -0.104. The van der Waals surface area contributed by atoms with Crippen molar-refractivity contribution < 1.29 is 14.7 Å². The normalized spacial score (nSPS) is 19.7. The molecule has 1 aliphatic rings. The molecule has 0 radical (unpaired) electrons. The van der Waals surface area contributed by atoms with Gasteiger partial charge in [-0.05, 0) is 20.3 Å². The summed E-state index contributed by atoms with van der Waals surface area (Å²) in [6.07, 6.45) is 0.921. The van der Waals surface area contributed by atoms with Crippen molar-refractivity contribution in [3.05, 3.63) is 0 Å². The maximum atomic E-state index is 12.4. The third kappa shape index (κ3) is 3.78. The number of carboxylic acid groups (broad SMARTS) is 1. The minimum Gasteiger partial charge on any atom is -0.480 e.